The largest absolute Gasteiger partial charge is 0.480 e. The maximum Gasteiger partial charge on any atom is 0.317 e. The van der Waals surface area contributed by atoms with E-state index in [0.717, 1.165) is 0 Å². The first-order valence-corrected chi connectivity index (χ1v) is 5.41. The summed E-state index contributed by atoms with van der Waals surface area (Å²) in [4.78, 5) is 11.2. The number of rotatable bonds is 2. The van der Waals surface area contributed by atoms with Crippen LogP contribution in [0.15, 0.2) is 24.3 Å². The van der Waals surface area contributed by atoms with E-state index in [4.69, 9.17) is 34.8 Å². The van der Waals surface area contributed by atoms with Crippen molar-refractivity contribution in [1.82, 2.24) is 0 Å². The summed E-state index contributed by atoms with van der Waals surface area (Å²) in [6.07, 6.45) is 0.183. The molecule has 1 unspecified atom stereocenters. The smallest absolute Gasteiger partial charge is 0.317 e. The van der Waals surface area contributed by atoms with E-state index in [1.165, 1.54) is 0 Å². The van der Waals surface area contributed by atoms with E-state index in [9.17, 15) is 9.90 Å². The first-order valence-electron chi connectivity index (χ1n) is 4.28. The van der Waals surface area contributed by atoms with Crippen LogP contribution in [0.25, 0.3) is 0 Å². The Morgan fingerprint density at radius 3 is 2.27 bits per heavy atom. The van der Waals surface area contributed by atoms with Crippen LogP contribution in [0.3, 0.4) is 0 Å². The molecule has 1 fully saturated rings. The normalized spacial score (nSPS) is 27.4. The molecular formula is C10H7Cl3O2. The summed E-state index contributed by atoms with van der Waals surface area (Å²) in [6, 6.07) is 6.72. The van der Waals surface area contributed by atoms with Crippen LogP contribution in [0, 0.1) is 0 Å². The summed E-state index contributed by atoms with van der Waals surface area (Å²) >= 11 is 17.7. The highest BCUT2D eigenvalue weighted by Gasteiger charge is 2.73. The van der Waals surface area contributed by atoms with Crippen molar-refractivity contribution in [3.05, 3.63) is 34.9 Å². The Kier molecular flexibility index (Phi) is 2.41. The number of hydrogen-bond donors (Lipinski definition) is 1. The Labute approximate surface area is 102 Å². The number of hydrogen-bond acceptors (Lipinski definition) is 1. The summed E-state index contributed by atoms with van der Waals surface area (Å²) in [7, 11) is 0. The van der Waals surface area contributed by atoms with Crippen molar-refractivity contribution < 1.29 is 9.90 Å². The lowest BCUT2D eigenvalue weighted by molar-refractivity contribution is -0.140. The highest BCUT2D eigenvalue weighted by atomic mass is 35.5. The van der Waals surface area contributed by atoms with E-state index in [-0.39, 0.29) is 6.42 Å². The van der Waals surface area contributed by atoms with Crippen molar-refractivity contribution >= 4 is 40.8 Å². The van der Waals surface area contributed by atoms with Crippen LogP contribution in [-0.4, -0.2) is 15.4 Å². The molecule has 2 rings (SSSR count). The third-order valence-corrected chi connectivity index (χ3v) is 3.93. The number of aliphatic carboxylic acids is 1. The van der Waals surface area contributed by atoms with Gasteiger partial charge in [-0.1, -0.05) is 53.0 Å². The third kappa shape index (κ3) is 1.43. The van der Waals surface area contributed by atoms with E-state index >= 15 is 0 Å². The molecular weight excluding hydrogens is 258 g/mol. The molecule has 0 spiro atoms. The number of alkyl halides is 2. The zero-order valence-electron chi connectivity index (χ0n) is 7.51. The van der Waals surface area contributed by atoms with Gasteiger partial charge >= 0.3 is 5.97 Å². The second-order valence-electron chi connectivity index (χ2n) is 3.57. The maximum atomic E-state index is 11.2. The van der Waals surface area contributed by atoms with Crippen molar-refractivity contribution in [2.45, 2.75) is 16.2 Å². The lowest BCUT2D eigenvalue weighted by Gasteiger charge is -2.14. The number of benzene rings is 1. The number of carboxylic acid groups (broad SMARTS) is 1. The fourth-order valence-corrected chi connectivity index (χ4v) is 2.80. The molecule has 0 saturated heterocycles. The molecule has 0 aromatic heterocycles. The lowest BCUT2D eigenvalue weighted by atomic mass is 9.96. The lowest BCUT2D eigenvalue weighted by Crippen LogP contribution is -2.26. The number of carboxylic acids is 1. The van der Waals surface area contributed by atoms with Crippen LogP contribution >= 0.6 is 34.8 Å². The molecule has 1 aliphatic rings. The van der Waals surface area contributed by atoms with Crippen molar-refractivity contribution in [3.63, 3.8) is 0 Å². The van der Waals surface area contributed by atoms with Crippen LogP contribution in [0.5, 0.6) is 0 Å². The van der Waals surface area contributed by atoms with Gasteiger partial charge in [-0.3, -0.25) is 4.79 Å². The monoisotopic (exact) mass is 264 g/mol. The van der Waals surface area contributed by atoms with Gasteiger partial charge in [-0.25, -0.2) is 0 Å². The van der Waals surface area contributed by atoms with Crippen molar-refractivity contribution in [2.24, 2.45) is 0 Å². The van der Waals surface area contributed by atoms with Gasteiger partial charge in [0.15, 0.2) is 0 Å². The topological polar surface area (TPSA) is 37.3 Å². The van der Waals surface area contributed by atoms with E-state index in [1.807, 2.05) is 0 Å². The summed E-state index contributed by atoms with van der Waals surface area (Å²) in [6.45, 7) is 0. The molecule has 1 atom stereocenters. The number of carbonyl (C=O) groups is 1. The minimum absolute atomic E-state index is 0.183. The van der Waals surface area contributed by atoms with Crippen LogP contribution in [0.2, 0.25) is 5.02 Å². The summed E-state index contributed by atoms with van der Waals surface area (Å²) in [5.74, 6) is -1.04. The van der Waals surface area contributed by atoms with Gasteiger partial charge in [0.2, 0.25) is 0 Å². The Balaban J connectivity index is 2.55. The van der Waals surface area contributed by atoms with Crippen LogP contribution in [0.1, 0.15) is 12.0 Å². The van der Waals surface area contributed by atoms with Gasteiger partial charge in [0, 0.05) is 11.4 Å². The predicted octanol–water partition coefficient (Wildman–Crippen LogP) is 3.24. The van der Waals surface area contributed by atoms with Crippen molar-refractivity contribution in [2.75, 3.05) is 0 Å². The molecule has 0 aliphatic heterocycles. The minimum atomic E-state index is -1.26. The fraction of sp³-hybridized carbons (Fsp3) is 0.300. The molecule has 0 radical (unpaired) electrons. The van der Waals surface area contributed by atoms with Crippen LogP contribution < -0.4 is 0 Å². The highest BCUT2D eigenvalue weighted by molar-refractivity contribution is 6.54. The molecule has 1 aromatic rings. The summed E-state index contributed by atoms with van der Waals surface area (Å²) < 4.78 is -1.26. The summed E-state index contributed by atoms with van der Waals surface area (Å²) in [5, 5.41) is 9.57. The van der Waals surface area contributed by atoms with Gasteiger partial charge in [-0.2, -0.15) is 0 Å². The SMILES string of the molecule is O=C(O)C1(c2ccccc2Cl)CC1(Cl)Cl. The van der Waals surface area contributed by atoms with Gasteiger partial charge in [-0.05, 0) is 11.6 Å². The molecule has 1 saturated carbocycles. The molecule has 2 nitrogen and oxygen atoms in total. The molecule has 80 valence electrons. The molecule has 0 heterocycles. The summed E-state index contributed by atoms with van der Waals surface area (Å²) in [5.41, 5.74) is -0.779. The van der Waals surface area contributed by atoms with E-state index in [0.29, 0.717) is 10.6 Å². The second kappa shape index (κ2) is 3.27. The average Bonchev–Trinajstić information content (AvgIpc) is 2.71. The Morgan fingerprint density at radius 1 is 1.33 bits per heavy atom. The first kappa shape index (κ1) is 11.1. The zero-order valence-corrected chi connectivity index (χ0v) is 9.77. The van der Waals surface area contributed by atoms with Gasteiger partial charge in [0.25, 0.3) is 0 Å². The second-order valence-corrected chi connectivity index (χ2v) is 5.46. The average molecular weight is 266 g/mol. The molecule has 1 aromatic carbocycles. The molecule has 0 bridgehead atoms. The standard InChI is InChI=1S/C10H7Cl3O2/c11-7-4-2-1-3-6(7)9(8(14)15)5-10(9,12)13/h1-4H,5H2,(H,14,15). The van der Waals surface area contributed by atoms with E-state index < -0.39 is 15.7 Å². The fourth-order valence-electron chi connectivity index (χ4n) is 1.74. The van der Waals surface area contributed by atoms with Gasteiger partial charge in [0.1, 0.15) is 9.75 Å². The maximum absolute atomic E-state index is 11.2. The zero-order chi connectivity index (χ0) is 11.3. The number of halogens is 3. The Bertz CT molecular complexity index is 430. The van der Waals surface area contributed by atoms with Gasteiger partial charge in [0.05, 0.1) is 0 Å². The molecule has 1 N–H and O–H groups in total. The van der Waals surface area contributed by atoms with E-state index in [2.05, 4.69) is 0 Å². The first-order chi connectivity index (χ1) is 6.92. The van der Waals surface area contributed by atoms with Crippen LogP contribution in [-0.2, 0) is 10.2 Å². The van der Waals surface area contributed by atoms with Gasteiger partial charge < -0.3 is 5.11 Å². The van der Waals surface area contributed by atoms with E-state index in [1.54, 1.807) is 24.3 Å². The Hall–Kier alpha value is -0.440. The quantitative estimate of drug-likeness (QED) is 0.834. The van der Waals surface area contributed by atoms with Crippen LogP contribution in [0.4, 0.5) is 0 Å². The highest BCUT2D eigenvalue weighted by Crippen LogP contribution is 2.65. The van der Waals surface area contributed by atoms with Gasteiger partial charge in [-0.15, -0.1) is 0 Å². The molecule has 15 heavy (non-hydrogen) atoms. The predicted molar refractivity (Wildman–Crippen MR) is 59.8 cm³/mol. The minimum Gasteiger partial charge on any atom is -0.480 e. The third-order valence-electron chi connectivity index (χ3n) is 2.69. The molecule has 0 amide bonds. The van der Waals surface area contributed by atoms with Crippen molar-refractivity contribution in [1.29, 1.82) is 0 Å². The molecule has 5 heteroatoms. The Morgan fingerprint density at radius 2 is 1.87 bits per heavy atom. The molecule has 1 aliphatic carbocycles. The van der Waals surface area contributed by atoms with Crippen molar-refractivity contribution in [3.8, 4) is 0 Å².